The van der Waals surface area contributed by atoms with Crippen LogP contribution in [0, 0.1) is 11.8 Å². The molecule has 1 aromatic heterocycles. The first-order valence-electron chi connectivity index (χ1n) is 13.7. The van der Waals surface area contributed by atoms with Gasteiger partial charge in [0.05, 0.1) is 13.2 Å². The number of hydrogen-bond acceptors (Lipinski definition) is 7. The number of carbonyl (C=O) groups is 3. The third kappa shape index (κ3) is 9.45. The second-order valence-electron chi connectivity index (χ2n) is 12.5. The summed E-state index contributed by atoms with van der Waals surface area (Å²) in [6, 6.07) is 4.66. The minimum atomic E-state index is -0.725. The van der Waals surface area contributed by atoms with Crippen LogP contribution in [0.4, 0.5) is 0 Å². The van der Waals surface area contributed by atoms with E-state index >= 15 is 0 Å². The lowest BCUT2D eigenvalue weighted by Crippen LogP contribution is -2.45. The summed E-state index contributed by atoms with van der Waals surface area (Å²) >= 11 is 1.38. The minimum absolute atomic E-state index is 0.0402. The Bertz CT molecular complexity index is 1110. The van der Waals surface area contributed by atoms with E-state index in [1.165, 1.54) is 16.2 Å². The number of carbonyl (C=O) groups excluding carboxylic acids is 3. The second kappa shape index (κ2) is 13.6. The number of ether oxygens (including phenoxy) is 2. The molecule has 0 aliphatic carbocycles. The molecule has 0 aliphatic rings. The fourth-order valence-corrected chi connectivity index (χ4v) is 5.47. The summed E-state index contributed by atoms with van der Waals surface area (Å²) in [5, 5.41) is 2.44. The fourth-order valence-electron chi connectivity index (χ4n) is 4.65. The van der Waals surface area contributed by atoms with Crippen molar-refractivity contribution in [3.8, 4) is 5.75 Å². The Balaban J connectivity index is 2.64. The topological polar surface area (TPSA) is 85.8 Å². The van der Waals surface area contributed by atoms with Gasteiger partial charge in [0.25, 0.3) is 5.91 Å². The van der Waals surface area contributed by atoms with Crippen molar-refractivity contribution >= 4 is 29.0 Å². The molecule has 0 saturated carbocycles. The van der Waals surface area contributed by atoms with Gasteiger partial charge >= 0.3 is 5.97 Å². The summed E-state index contributed by atoms with van der Waals surface area (Å²) in [5.74, 6) is -0.394. The number of esters is 1. The lowest BCUT2D eigenvalue weighted by atomic mass is 9.85. The van der Waals surface area contributed by atoms with Gasteiger partial charge in [-0.1, -0.05) is 53.5 Å². The molecule has 216 valence electrons. The van der Waals surface area contributed by atoms with Gasteiger partial charge in [-0.25, -0.2) is 4.98 Å². The summed E-state index contributed by atoms with van der Waals surface area (Å²) in [7, 11) is 1.58. The highest BCUT2D eigenvalue weighted by molar-refractivity contribution is 7.09. The van der Waals surface area contributed by atoms with Gasteiger partial charge in [0.15, 0.2) is 0 Å². The predicted molar refractivity (Wildman–Crippen MR) is 156 cm³/mol. The third-order valence-corrected chi connectivity index (χ3v) is 7.32. The van der Waals surface area contributed by atoms with Crippen LogP contribution in [0.1, 0.15) is 109 Å². The van der Waals surface area contributed by atoms with E-state index in [1.54, 1.807) is 53.1 Å². The molecule has 2 atom stereocenters. The van der Waals surface area contributed by atoms with E-state index in [9.17, 15) is 14.4 Å². The Morgan fingerprint density at radius 1 is 1.05 bits per heavy atom. The van der Waals surface area contributed by atoms with Crippen LogP contribution >= 0.6 is 11.3 Å². The van der Waals surface area contributed by atoms with E-state index in [-0.39, 0.29) is 23.7 Å². The average molecular weight is 559 g/mol. The Hall–Kier alpha value is -2.74. The zero-order chi connectivity index (χ0) is 29.5. The molecular weight excluding hydrogens is 512 g/mol. The van der Waals surface area contributed by atoms with E-state index in [1.807, 2.05) is 11.4 Å². The summed E-state index contributed by atoms with van der Waals surface area (Å²) < 4.78 is 11.3. The van der Waals surface area contributed by atoms with Crippen molar-refractivity contribution in [1.82, 2.24) is 9.88 Å². The van der Waals surface area contributed by atoms with Crippen molar-refractivity contribution in [2.45, 2.75) is 98.6 Å². The van der Waals surface area contributed by atoms with Crippen LogP contribution in [0.15, 0.2) is 29.8 Å². The number of nitrogens with zero attached hydrogens (tertiary/aromatic N) is 2. The number of aromatic nitrogens is 1. The van der Waals surface area contributed by atoms with Crippen LogP contribution in [0.5, 0.6) is 5.75 Å². The van der Waals surface area contributed by atoms with Crippen molar-refractivity contribution in [1.29, 1.82) is 0 Å². The zero-order valence-electron chi connectivity index (χ0n) is 25.3. The normalized spacial score (nSPS) is 13.6. The smallest absolute Gasteiger partial charge is 0.326 e. The molecular formula is C31H46N2O5S. The molecule has 7 nitrogen and oxygen atoms in total. The molecule has 2 rings (SSSR count). The third-order valence-electron chi connectivity index (χ3n) is 6.48. The monoisotopic (exact) mass is 558 g/mol. The Labute approximate surface area is 238 Å². The number of Topliss-reactive ketones (excluding diaryl/α,β-unsaturated/α-hetero) is 1. The molecule has 1 heterocycles. The summed E-state index contributed by atoms with van der Waals surface area (Å²) in [6.45, 7) is 17.1. The van der Waals surface area contributed by atoms with Crippen molar-refractivity contribution in [3.63, 3.8) is 0 Å². The largest absolute Gasteiger partial charge is 0.496 e. The van der Waals surface area contributed by atoms with Crippen LogP contribution in [0.2, 0.25) is 0 Å². The molecule has 0 fully saturated rings. The minimum Gasteiger partial charge on any atom is -0.496 e. The molecule has 0 radical (unpaired) electrons. The first-order valence-corrected chi connectivity index (χ1v) is 14.5. The van der Waals surface area contributed by atoms with Crippen LogP contribution < -0.4 is 4.74 Å². The maximum Gasteiger partial charge on any atom is 0.326 e. The van der Waals surface area contributed by atoms with E-state index < -0.39 is 23.5 Å². The van der Waals surface area contributed by atoms with E-state index in [4.69, 9.17) is 9.47 Å². The Kier molecular flexibility index (Phi) is 11.3. The van der Waals surface area contributed by atoms with Gasteiger partial charge < -0.3 is 14.4 Å². The highest BCUT2D eigenvalue weighted by Gasteiger charge is 2.39. The van der Waals surface area contributed by atoms with E-state index in [0.717, 1.165) is 18.4 Å². The molecule has 1 aromatic carbocycles. The van der Waals surface area contributed by atoms with Crippen LogP contribution in [0.25, 0.3) is 0 Å². The van der Waals surface area contributed by atoms with E-state index in [2.05, 4.69) is 39.6 Å². The van der Waals surface area contributed by atoms with Gasteiger partial charge in [0.1, 0.15) is 28.7 Å². The Morgan fingerprint density at radius 3 is 2.21 bits per heavy atom. The van der Waals surface area contributed by atoms with Gasteiger partial charge in [-0.15, -0.1) is 11.3 Å². The highest BCUT2D eigenvalue weighted by Crippen LogP contribution is 2.37. The first-order chi connectivity index (χ1) is 18.0. The molecule has 0 spiro atoms. The molecule has 0 aliphatic heterocycles. The van der Waals surface area contributed by atoms with Crippen molar-refractivity contribution in [2.75, 3.05) is 13.7 Å². The fraction of sp³-hybridized carbons (Fsp3) is 0.613. The zero-order valence-corrected chi connectivity index (χ0v) is 26.1. The number of benzene rings is 1. The lowest BCUT2D eigenvalue weighted by molar-refractivity contribution is -0.156. The molecule has 8 heteroatoms. The maximum absolute atomic E-state index is 14.2. The number of rotatable bonds is 12. The maximum atomic E-state index is 14.2. The number of thiazole rings is 1. The number of ketones is 1. The van der Waals surface area contributed by atoms with Gasteiger partial charge in [0, 0.05) is 23.1 Å². The summed E-state index contributed by atoms with van der Waals surface area (Å²) in [5.41, 5.74) is 0.418. The van der Waals surface area contributed by atoms with Crippen LogP contribution in [0.3, 0.4) is 0 Å². The summed E-state index contributed by atoms with van der Waals surface area (Å²) in [4.78, 5) is 46.5. The molecule has 0 N–H and O–H groups in total. The molecule has 0 saturated heterocycles. The van der Waals surface area contributed by atoms with Crippen molar-refractivity contribution in [3.05, 3.63) is 45.9 Å². The van der Waals surface area contributed by atoms with E-state index in [0.29, 0.717) is 28.7 Å². The van der Waals surface area contributed by atoms with Gasteiger partial charge in [0.2, 0.25) is 0 Å². The molecule has 0 unspecified atom stereocenters. The molecule has 1 amide bonds. The molecule has 2 aromatic rings. The quantitative estimate of drug-likeness (QED) is 0.261. The standard InChI is InChI=1S/C31H46N2O5S/c1-20(2)12-11-13-23(21(3)34)27(28-32-16-17-39-28)33(19-26(35)38-31(7,8)9)29(36)22-14-15-24(30(4,5)6)25(18-22)37-10/h14-18,20,23,27H,11-13,19H2,1-10H3/t23-,27+/m0/s1. The van der Waals surface area contributed by atoms with Crippen LogP contribution in [-0.2, 0) is 19.7 Å². The van der Waals surface area contributed by atoms with Gasteiger partial charge in [-0.2, -0.15) is 0 Å². The number of hydrogen-bond donors (Lipinski definition) is 0. The van der Waals surface area contributed by atoms with Gasteiger partial charge in [-0.05, 0) is 63.1 Å². The first kappa shape index (κ1) is 32.5. The van der Waals surface area contributed by atoms with Gasteiger partial charge in [-0.3, -0.25) is 14.4 Å². The second-order valence-corrected chi connectivity index (χ2v) is 13.5. The summed E-state index contributed by atoms with van der Waals surface area (Å²) in [6.07, 6.45) is 4.03. The molecule has 0 bridgehead atoms. The van der Waals surface area contributed by atoms with Crippen molar-refractivity contribution in [2.24, 2.45) is 11.8 Å². The average Bonchev–Trinajstić information content (AvgIpc) is 3.34. The lowest BCUT2D eigenvalue weighted by Gasteiger charge is -2.35. The number of amides is 1. The number of methoxy groups -OCH3 is 1. The molecule has 39 heavy (non-hydrogen) atoms. The highest BCUT2D eigenvalue weighted by atomic mass is 32.1. The SMILES string of the molecule is COc1cc(C(=O)N(CC(=O)OC(C)(C)C)[C@@H](c2nccs2)[C@@H](CCCC(C)C)C(C)=O)ccc1C(C)(C)C. The predicted octanol–water partition coefficient (Wildman–Crippen LogP) is 7.01. The Morgan fingerprint density at radius 2 is 1.72 bits per heavy atom. The van der Waals surface area contributed by atoms with Crippen LogP contribution in [-0.4, -0.2) is 46.8 Å². The van der Waals surface area contributed by atoms with Crippen molar-refractivity contribution < 1.29 is 23.9 Å².